The van der Waals surface area contributed by atoms with Crippen LogP contribution in [0.5, 0.6) is 0 Å². The lowest BCUT2D eigenvalue weighted by Crippen LogP contribution is -2.34. The van der Waals surface area contributed by atoms with Gasteiger partial charge in [0.2, 0.25) is 17.6 Å². The Labute approximate surface area is 241 Å². The molecule has 38 heavy (non-hydrogen) atoms. The van der Waals surface area contributed by atoms with Gasteiger partial charge in [-0.1, -0.05) is 85.9 Å². The van der Waals surface area contributed by atoms with Crippen molar-refractivity contribution >= 4 is 72.7 Å². The molecule has 0 bridgehead atoms. The van der Waals surface area contributed by atoms with Gasteiger partial charge in [-0.15, -0.1) is 0 Å². The van der Waals surface area contributed by atoms with E-state index in [1.807, 2.05) is 0 Å². The number of carbonyl (C=O) groups excluding carboxylic acids is 4. The fourth-order valence-electron chi connectivity index (χ4n) is 4.94. The second kappa shape index (κ2) is 11.1. The third-order valence-electron chi connectivity index (χ3n) is 6.97. The molecule has 0 unspecified atom stereocenters. The van der Waals surface area contributed by atoms with E-state index in [1.54, 1.807) is 66.7 Å². The highest BCUT2D eigenvalue weighted by Crippen LogP contribution is 2.44. The van der Waals surface area contributed by atoms with Crippen LogP contribution in [-0.2, 0) is 14.3 Å². The molecule has 6 nitrogen and oxygen atoms in total. The van der Waals surface area contributed by atoms with E-state index < -0.39 is 12.1 Å². The zero-order chi connectivity index (χ0) is 27.0. The first-order valence-corrected chi connectivity index (χ1v) is 14.3. The molecule has 3 aromatic rings. The fourth-order valence-corrected chi connectivity index (χ4v) is 6.30. The molecule has 2 amide bonds. The summed E-state index contributed by atoms with van der Waals surface area (Å²) < 4.78 is 5.70. The quantitative estimate of drug-likeness (QED) is 0.130. The first-order valence-electron chi connectivity index (χ1n) is 12.1. The largest absolute Gasteiger partial charge is 0.445 e. The van der Waals surface area contributed by atoms with Crippen LogP contribution in [0.4, 0.5) is 5.69 Å². The second-order valence-electron chi connectivity index (χ2n) is 9.34. The average Bonchev–Trinajstić information content (AvgIpc) is 3.16. The third-order valence-corrected chi connectivity index (χ3v) is 9.95. The Morgan fingerprint density at radius 2 is 1.34 bits per heavy atom. The lowest BCUT2D eigenvalue weighted by atomic mass is 9.81. The molecule has 0 N–H and O–H groups in total. The van der Waals surface area contributed by atoms with Crippen molar-refractivity contribution in [2.75, 3.05) is 4.90 Å². The number of amides is 2. The maximum absolute atomic E-state index is 13.3. The van der Waals surface area contributed by atoms with Gasteiger partial charge < -0.3 is 4.74 Å². The molecule has 9 heteroatoms. The van der Waals surface area contributed by atoms with E-state index >= 15 is 0 Å². The van der Waals surface area contributed by atoms with E-state index in [2.05, 4.69) is 31.9 Å². The summed E-state index contributed by atoms with van der Waals surface area (Å²) >= 11 is 13.2. The van der Waals surface area contributed by atoms with Crippen LogP contribution in [-0.4, -0.2) is 33.2 Å². The Morgan fingerprint density at radius 3 is 1.89 bits per heavy atom. The number of benzene rings is 3. The van der Waals surface area contributed by atoms with E-state index in [1.165, 1.54) is 17.0 Å². The summed E-state index contributed by atoms with van der Waals surface area (Å²) in [7, 11) is 0. The van der Waals surface area contributed by atoms with Gasteiger partial charge in [0.15, 0.2) is 6.10 Å². The van der Waals surface area contributed by atoms with E-state index in [0.29, 0.717) is 34.7 Å². The summed E-state index contributed by atoms with van der Waals surface area (Å²) in [5.74, 6) is -2.27. The number of ether oxygens (including phenoxy) is 1. The van der Waals surface area contributed by atoms with E-state index in [4.69, 9.17) is 16.3 Å². The van der Waals surface area contributed by atoms with Crippen LogP contribution >= 0.6 is 43.5 Å². The number of ketones is 1. The van der Waals surface area contributed by atoms with Crippen molar-refractivity contribution in [2.45, 2.75) is 28.6 Å². The van der Waals surface area contributed by atoms with Crippen LogP contribution in [0, 0.1) is 11.8 Å². The molecule has 1 aliphatic carbocycles. The van der Waals surface area contributed by atoms with Gasteiger partial charge in [-0.25, -0.2) is 4.79 Å². The van der Waals surface area contributed by atoms with Crippen molar-refractivity contribution in [3.8, 4) is 0 Å². The minimum atomic E-state index is -1.18. The Morgan fingerprint density at radius 1 is 0.789 bits per heavy atom. The van der Waals surface area contributed by atoms with Crippen LogP contribution in [0.3, 0.4) is 0 Å². The minimum absolute atomic E-state index is 0.116. The van der Waals surface area contributed by atoms with Crippen LogP contribution < -0.4 is 4.90 Å². The molecule has 2 aliphatic rings. The summed E-state index contributed by atoms with van der Waals surface area (Å²) in [5.41, 5.74) is 1.47. The van der Waals surface area contributed by atoms with Crippen LogP contribution in [0.15, 0.2) is 78.9 Å². The first-order chi connectivity index (χ1) is 18.2. The van der Waals surface area contributed by atoms with Crippen molar-refractivity contribution in [1.29, 1.82) is 0 Å². The van der Waals surface area contributed by atoms with E-state index in [-0.39, 0.29) is 44.7 Å². The van der Waals surface area contributed by atoms with Crippen LogP contribution in [0.2, 0.25) is 5.02 Å². The maximum Gasteiger partial charge on any atom is 0.339 e. The molecule has 3 aromatic carbocycles. The van der Waals surface area contributed by atoms with Crippen molar-refractivity contribution in [3.05, 3.63) is 101 Å². The smallest absolute Gasteiger partial charge is 0.339 e. The molecule has 0 aromatic heterocycles. The molecule has 1 heterocycles. The summed E-state index contributed by atoms with van der Waals surface area (Å²) in [4.78, 5) is 54.0. The average molecular weight is 660 g/mol. The third kappa shape index (κ3) is 5.22. The lowest BCUT2D eigenvalue weighted by Gasteiger charge is -2.29. The SMILES string of the molecule is O=C(O[C@H](C(=O)c1ccccc1)c1ccc(Cl)cc1)c1ccc(N2C(=O)[C@@H]3C[C@H](Br)[C@@H](Br)C[C@H]3C2=O)cc1. The number of imide groups is 1. The number of fused-ring (bicyclic) bond motifs is 1. The summed E-state index contributed by atoms with van der Waals surface area (Å²) in [6.45, 7) is 0. The van der Waals surface area contributed by atoms with Crippen LogP contribution in [0.1, 0.15) is 45.2 Å². The predicted octanol–water partition coefficient (Wildman–Crippen LogP) is 6.55. The monoisotopic (exact) mass is 657 g/mol. The van der Waals surface area contributed by atoms with Gasteiger partial charge in [0, 0.05) is 25.8 Å². The molecule has 194 valence electrons. The summed E-state index contributed by atoms with van der Waals surface area (Å²) in [5, 5.41) is 0.491. The predicted molar refractivity (Wildman–Crippen MR) is 151 cm³/mol. The van der Waals surface area contributed by atoms with Gasteiger partial charge in [0.25, 0.3) is 0 Å². The number of carbonyl (C=O) groups is 4. The molecule has 0 spiro atoms. The summed E-state index contributed by atoms with van der Waals surface area (Å²) in [6.07, 6.45) is -0.0256. The number of halogens is 3. The number of anilines is 1. The maximum atomic E-state index is 13.3. The first kappa shape index (κ1) is 26.8. The highest BCUT2D eigenvalue weighted by Gasteiger charge is 2.52. The number of rotatable bonds is 6. The minimum Gasteiger partial charge on any atom is -0.445 e. The number of hydrogen-bond acceptors (Lipinski definition) is 5. The van der Waals surface area contributed by atoms with Gasteiger partial charge in [0.1, 0.15) is 0 Å². The standard InChI is InChI=1S/C29H22Br2ClNO5/c30-23-14-21-22(15-24(23)31)28(36)33(27(21)35)20-12-8-18(9-13-20)29(37)38-26(17-6-10-19(32)11-7-17)25(34)16-4-2-1-3-5-16/h1-13,21-24,26H,14-15H2/t21-,22-,23+,24+,26+/m1/s1. The highest BCUT2D eigenvalue weighted by molar-refractivity contribution is 9.12. The number of alkyl halides is 2. The van der Waals surface area contributed by atoms with Gasteiger partial charge in [0.05, 0.1) is 23.1 Å². The van der Waals surface area contributed by atoms with Crippen molar-refractivity contribution < 1.29 is 23.9 Å². The Kier molecular flexibility index (Phi) is 7.84. The van der Waals surface area contributed by atoms with Gasteiger partial charge in [-0.05, 0) is 49.2 Å². The molecule has 0 radical (unpaired) electrons. The van der Waals surface area contributed by atoms with Crippen molar-refractivity contribution in [1.82, 2.24) is 0 Å². The zero-order valence-corrected chi connectivity index (χ0v) is 23.9. The fraction of sp³-hybridized carbons (Fsp3) is 0.241. The van der Waals surface area contributed by atoms with E-state index in [0.717, 1.165) is 0 Å². The Bertz CT molecular complexity index is 1350. The topological polar surface area (TPSA) is 80.8 Å². The van der Waals surface area contributed by atoms with Crippen molar-refractivity contribution in [2.24, 2.45) is 11.8 Å². The highest BCUT2D eigenvalue weighted by atomic mass is 79.9. The van der Waals surface area contributed by atoms with Gasteiger partial charge >= 0.3 is 5.97 Å². The Hall–Kier alpha value is -2.81. The molecule has 1 saturated carbocycles. The molecule has 1 aliphatic heterocycles. The van der Waals surface area contributed by atoms with Gasteiger partial charge in [-0.3, -0.25) is 19.3 Å². The molecular formula is C29H22Br2ClNO5. The lowest BCUT2D eigenvalue weighted by molar-refractivity contribution is -0.122. The molecular weight excluding hydrogens is 638 g/mol. The Balaban J connectivity index is 1.36. The van der Waals surface area contributed by atoms with Crippen LogP contribution in [0.25, 0.3) is 0 Å². The molecule has 1 saturated heterocycles. The van der Waals surface area contributed by atoms with Gasteiger partial charge in [-0.2, -0.15) is 0 Å². The molecule has 5 rings (SSSR count). The number of nitrogens with zero attached hydrogens (tertiary/aromatic N) is 1. The summed E-state index contributed by atoms with van der Waals surface area (Å²) in [6, 6.07) is 21.2. The number of Topliss-reactive ketones (excluding diaryl/α,β-unsaturated/α-hetero) is 1. The van der Waals surface area contributed by atoms with E-state index in [9.17, 15) is 19.2 Å². The zero-order valence-electron chi connectivity index (χ0n) is 19.9. The number of hydrogen-bond donors (Lipinski definition) is 0. The normalized spacial score (nSPS) is 23.6. The van der Waals surface area contributed by atoms with Crippen molar-refractivity contribution in [3.63, 3.8) is 0 Å². The molecule has 2 fully saturated rings. The number of esters is 1. The molecule has 5 atom stereocenters. The second-order valence-corrected chi connectivity index (χ2v) is 12.1.